The lowest BCUT2D eigenvalue weighted by Crippen LogP contribution is -2.43. The van der Waals surface area contributed by atoms with E-state index in [1.807, 2.05) is 0 Å². The van der Waals surface area contributed by atoms with Crippen LogP contribution < -0.4 is 5.32 Å². The smallest absolute Gasteiger partial charge is 0.341 e. The zero-order chi connectivity index (χ0) is 18.9. The van der Waals surface area contributed by atoms with Gasteiger partial charge in [-0.15, -0.1) is 11.3 Å². The van der Waals surface area contributed by atoms with Crippen molar-refractivity contribution in [1.82, 2.24) is 4.31 Å². The maximum atomic E-state index is 12.7. The lowest BCUT2D eigenvalue weighted by molar-refractivity contribution is -0.120. The minimum absolute atomic E-state index is 0.184. The Labute approximate surface area is 157 Å². The number of hydrogen-bond acceptors (Lipinski definition) is 6. The van der Waals surface area contributed by atoms with E-state index in [4.69, 9.17) is 4.74 Å². The first-order valence-electron chi connectivity index (χ1n) is 8.80. The molecule has 0 bridgehead atoms. The molecule has 144 valence electrons. The predicted octanol–water partition coefficient (Wildman–Crippen LogP) is 2.02. The fourth-order valence-electron chi connectivity index (χ4n) is 3.64. The first-order chi connectivity index (χ1) is 12.3. The van der Waals surface area contributed by atoms with Crippen molar-refractivity contribution in [2.24, 2.45) is 5.92 Å². The molecule has 0 saturated carbocycles. The van der Waals surface area contributed by atoms with Gasteiger partial charge in [0.2, 0.25) is 15.9 Å². The molecule has 1 atom stereocenters. The Morgan fingerprint density at radius 2 is 1.96 bits per heavy atom. The molecule has 1 aromatic heterocycles. The number of ether oxygens (including phenoxy) is 1. The van der Waals surface area contributed by atoms with Crippen LogP contribution in [0.4, 0.5) is 5.00 Å². The zero-order valence-electron chi connectivity index (χ0n) is 15.0. The van der Waals surface area contributed by atoms with Crippen molar-refractivity contribution in [3.63, 3.8) is 0 Å². The van der Waals surface area contributed by atoms with Gasteiger partial charge in [0.15, 0.2) is 0 Å². The van der Waals surface area contributed by atoms with E-state index < -0.39 is 21.9 Å². The Bertz CT molecular complexity index is 815. The van der Waals surface area contributed by atoms with E-state index >= 15 is 0 Å². The van der Waals surface area contributed by atoms with Crippen LogP contribution in [0.25, 0.3) is 0 Å². The number of esters is 1. The van der Waals surface area contributed by atoms with Gasteiger partial charge in [0.25, 0.3) is 0 Å². The highest BCUT2D eigenvalue weighted by Gasteiger charge is 2.32. The topological polar surface area (TPSA) is 92.8 Å². The fraction of sp³-hybridized carbons (Fsp3) is 0.647. The number of rotatable bonds is 4. The Morgan fingerprint density at radius 3 is 2.65 bits per heavy atom. The second kappa shape index (κ2) is 7.66. The molecule has 2 aliphatic rings. The monoisotopic (exact) mass is 400 g/mol. The van der Waals surface area contributed by atoms with E-state index in [1.165, 1.54) is 22.8 Å². The van der Waals surface area contributed by atoms with Crippen molar-refractivity contribution in [3.8, 4) is 0 Å². The number of methoxy groups -OCH3 is 1. The van der Waals surface area contributed by atoms with Crippen LogP contribution in [0.1, 0.15) is 46.5 Å². The lowest BCUT2D eigenvalue weighted by atomic mass is 9.95. The quantitative estimate of drug-likeness (QED) is 0.781. The number of sulfonamides is 1. The highest BCUT2D eigenvalue weighted by molar-refractivity contribution is 7.88. The van der Waals surface area contributed by atoms with Crippen molar-refractivity contribution in [1.29, 1.82) is 0 Å². The van der Waals surface area contributed by atoms with Gasteiger partial charge in [-0.2, -0.15) is 0 Å². The van der Waals surface area contributed by atoms with Crippen LogP contribution in [0, 0.1) is 5.92 Å². The van der Waals surface area contributed by atoms with E-state index in [9.17, 15) is 18.0 Å². The molecule has 0 spiro atoms. The second-order valence-electron chi connectivity index (χ2n) is 6.86. The lowest BCUT2D eigenvalue weighted by Gasteiger charge is -2.30. The van der Waals surface area contributed by atoms with Crippen molar-refractivity contribution in [3.05, 3.63) is 16.0 Å². The molecule has 1 aromatic rings. The zero-order valence-corrected chi connectivity index (χ0v) is 16.7. The van der Waals surface area contributed by atoms with Gasteiger partial charge in [-0.1, -0.05) is 0 Å². The van der Waals surface area contributed by atoms with Crippen LogP contribution in [-0.4, -0.2) is 51.1 Å². The molecule has 26 heavy (non-hydrogen) atoms. The summed E-state index contributed by atoms with van der Waals surface area (Å²) < 4.78 is 29.8. The molecule has 7 nitrogen and oxygen atoms in total. The first kappa shape index (κ1) is 19.3. The van der Waals surface area contributed by atoms with Gasteiger partial charge in [-0.25, -0.2) is 17.5 Å². The number of carbonyl (C=O) groups is 2. The minimum Gasteiger partial charge on any atom is -0.465 e. The highest BCUT2D eigenvalue weighted by atomic mass is 32.2. The molecule has 1 fully saturated rings. The maximum Gasteiger partial charge on any atom is 0.341 e. The van der Waals surface area contributed by atoms with Gasteiger partial charge in [0, 0.05) is 18.0 Å². The van der Waals surface area contributed by atoms with Crippen LogP contribution in [0.3, 0.4) is 0 Å². The summed E-state index contributed by atoms with van der Waals surface area (Å²) in [6.07, 6.45) is 6.27. The Balaban J connectivity index is 1.81. The Kier molecular flexibility index (Phi) is 5.69. The van der Waals surface area contributed by atoms with Crippen LogP contribution in [0.5, 0.6) is 0 Å². The summed E-state index contributed by atoms with van der Waals surface area (Å²) in [4.78, 5) is 26.1. The van der Waals surface area contributed by atoms with Crippen molar-refractivity contribution in [2.75, 3.05) is 31.8 Å². The van der Waals surface area contributed by atoms with Gasteiger partial charge in [0.1, 0.15) is 5.00 Å². The summed E-state index contributed by atoms with van der Waals surface area (Å²) in [6, 6.07) is 0. The first-order valence-corrected chi connectivity index (χ1v) is 11.5. The second-order valence-corrected chi connectivity index (χ2v) is 9.94. The maximum absolute atomic E-state index is 12.7. The molecule has 1 aliphatic carbocycles. The van der Waals surface area contributed by atoms with Gasteiger partial charge in [0.05, 0.1) is 24.8 Å². The molecule has 3 rings (SSSR count). The summed E-state index contributed by atoms with van der Waals surface area (Å²) >= 11 is 1.44. The van der Waals surface area contributed by atoms with Gasteiger partial charge in [-0.3, -0.25) is 4.79 Å². The Morgan fingerprint density at radius 1 is 1.23 bits per heavy atom. The summed E-state index contributed by atoms with van der Waals surface area (Å²) in [5.74, 6) is -1.08. The predicted molar refractivity (Wildman–Crippen MR) is 100 cm³/mol. The number of piperidine rings is 1. The molecular formula is C17H24N2O5S2. The van der Waals surface area contributed by atoms with E-state index in [2.05, 4.69) is 5.32 Å². The van der Waals surface area contributed by atoms with Crippen molar-refractivity contribution >= 4 is 38.2 Å². The molecule has 1 aliphatic heterocycles. The summed E-state index contributed by atoms with van der Waals surface area (Å²) in [5.41, 5.74) is 1.46. The fourth-order valence-corrected chi connectivity index (χ4v) is 5.84. The van der Waals surface area contributed by atoms with Crippen LogP contribution in [0.2, 0.25) is 0 Å². The number of anilines is 1. The molecule has 2 heterocycles. The minimum atomic E-state index is -3.31. The largest absolute Gasteiger partial charge is 0.465 e. The van der Waals surface area contributed by atoms with Crippen LogP contribution in [-0.2, 0) is 32.4 Å². The number of nitrogens with one attached hydrogen (secondary N) is 1. The number of hydrogen-bond donors (Lipinski definition) is 1. The standard InChI is InChI=1S/C17H24N2O5S2/c1-24-17(21)14-12-7-3-4-8-13(12)25-16(14)18-15(20)11-6-5-9-19(10-11)26(2,22)23/h11H,3-10H2,1-2H3,(H,18,20)/t11-/m1/s1. The van der Waals surface area contributed by atoms with Crippen molar-refractivity contribution < 1.29 is 22.7 Å². The van der Waals surface area contributed by atoms with Crippen LogP contribution >= 0.6 is 11.3 Å². The number of nitrogens with zero attached hydrogens (tertiary/aromatic N) is 1. The van der Waals surface area contributed by atoms with E-state index in [0.717, 1.165) is 42.4 Å². The average Bonchev–Trinajstić information content (AvgIpc) is 2.98. The number of carbonyl (C=O) groups excluding carboxylic acids is 2. The van der Waals surface area contributed by atoms with E-state index in [1.54, 1.807) is 0 Å². The number of thiophene rings is 1. The number of aryl methyl sites for hydroxylation is 1. The SMILES string of the molecule is COC(=O)c1c(NC(=O)[C@@H]2CCCN(S(C)(=O)=O)C2)sc2c1CCCC2. The summed E-state index contributed by atoms with van der Waals surface area (Å²) in [5, 5.41) is 3.41. The third kappa shape index (κ3) is 3.94. The molecular weight excluding hydrogens is 376 g/mol. The molecule has 0 radical (unpaired) electrons. The van der Waals surface area contributed by atoms with Crippen molar-refractivity contribution in [2.45, 2.75) is 38.5 Å². The van der Waals surface area contributed by atoms with Gasteiger partial charge in [-0.05, 0) is 44.1 Å². The normalized spacial score (nSPS) is 21.1. The molecule has 1 amide bonds. The number of amides is 1. The molecule has 0 unspecified atom stereocenters. The van der Waals surface area contributed by atoms with E-state index in [0.29, 0.717) is 30.0 Å². The summed E-state index contributed by atoms with van der Waals surface area (Å²) in [6.45, 7) is 0.632. The van der Waals surface area contributed by atoms with E-state index in [-0.39, 0.29) is 12.5 Å². The Hall–Kier alpha value is -1.45. The average molecular weight is 401 g/mol. The van der Waals surface area contributed by atoms with Gasteiger partial charge >= 0.3 is 5.97 Å². The van der Waals surface area contributed by atoms with Gasteiger partial charge < -0.3 is 10.1 Å². The molecule has 9 heteroatoms. The third-order valence-corrected chi connectivity index (χ3v) is 7.50. The molecule has 0 aromatic carbocycles. The van der Waals surface area contributed by atoms with Crippen LogP contribution in [0.15, 0.2) is 0 Å². The summed E-state index contributed by atoms with van der Waals surface area (Å²) in [7, 11) is -1.97. The highest BCUT2D eigenvalue weighted by Crippen LogP contribution is 2.39. The number of fused-ring (bicyclic) bond motifs is 1. The third-order valence-electron chi connectivity index (χ3n) is 5.02. The molecule has 1 N–H and O–H groups in total. The molecule has 1 saturated heterocycles.